The summed E-state index contributed by atoms with van der Waals surface area (Å²) in [5.74, 6) is 1.51. The number of nitrogens with zero attached hydrogens (tertiary/aromatic N) is 2. The number of rotatable bonds is 4. The number of carboxylic acids is 1. The van der Waals surface area contributed by atoms with Crippen molar-refractivity contribution in [2.75, 3.05) is 26.7 Å². The molecule has 0 aromatic carbocycles. The van der Waals surface area contributed by atoms with E-state index >= 15 is 0 Å². The van der Waals surface area contributed by atoms with E-state index in [1.54, 1.807) is 16.8 Å². The minimum Gasteiger partial charge on any atom is -0.481 e. The molecule has 4 saturated carbocycles. The van der Waals surface area contributed by atoms with Crippen LogP contribution in [0.1, 0.15) is 44.9 Å². The van der Waals surface area contributed by atoms with Crippen LogP contribution in [0.5, 0.6) is 0 Å². The Labute approximate surface area is 154 Å². The summed E-state index contributed by atoms with van der Waals surface area (Å²) in [6, 6.07) is 0. The fourth-order valence-corrected chi connectivity index (χ4v) is 6.37. The lowest BCUT2D eigenvalue weighted by molar-refractivity contribution is -0.153. The largest absolute Gasteiger partial charge is 0.481 e. The zero-order chi connectivity index (χ0) is 18.4. The van der Waals surface area contributed by atoms with Gasteiger partial charge in [0.05, 0.1) is 12.5 Å². The number of piperidine rings is 1. The summed E-state index contributed by atoms with van der Waals surface area (Å²) < 4.78 is 0. The van der Waals surface area contributed by atoms with Gasteiger partial charge in [-0.25, -0.2) is 0 Å². The summed E-state index contributed by atoms with van der Waals surface area (Å²) in [6.07, 6.45) is 7.48. The number of carbonyl (C=O) groups excluding carboxylic acids is 2. The van der Waals surface area contributed by atoms with E-state index in [4.69, 9.17) is 0 Å². The van der Waals surface area contributed by atoms with E-state index in [1.165, 1.54) is 32.1 Å². The molecule has 0 aromatic rings. The molecule has 6 nitrogen and oxygen atoms in total. The molecule has 2 amide bonds. The van der Waals surface area contributed by atoms with Gasteiger partial charge in [0.2, 0.25) is 11.8 Å². The van der Waals surface area contributed by atoms with E-state index in [9.17, 15) is 19.5 Å². The first-order valence-corrected chi connectivity index (χ1v) is 10.2. The number of hydrogen-bond acceptors (Lipinski definition) is 3. The second-order valence-electron chi connectivity index (χ2n) is 9.17. The van der Waals surface area contributed by atoms with Crippen LogP contribution in [-0.2, 0) is 14.4 Å². The lowest BCUT2D eigenvalue weighted by atomic mass is 9.51. The van der Waals surface area contributed by atoms with Crippen molar-refractivity contribution < 1.29 is 19.5 Å². The van der Waals surface area contributed by atoms with Gasteiger partial charge in [-0.05, 0) is 68.6 Å². The maximum Gasteiger partial charge on any atom is 0.308 e. The van der Waals surface area contributed by atoms with E-state index in [-0.39, 0.29) is 30.8 Å². The third kappa shape index (κ3) is 3.23. The molecular formula is C20H30N2O4. The Morgan fingerprint density at radius 2 is 1.65 bits per heavy atom. The minimum absolute atomic E-state index is 0.0774. The highest BCUT2D eigenvalue weighted by Gasteiger charge is 2.51. The quantitative estimate of drug-likeness (QED) is 0.828. The Balaban J connectivity index is 1.35. The second kappa shape index (κ2) is 6.86. The van der Waals surface area contributed by atoms with Gasteiger partial charge in [-0.1, -0.05) is 0 Å². The van der Waals surface area contributed by atoms with Gasteiger partial charge in [0.15, 0.2) is 0 Å². The number of carbonyl (C=O) groups is 3. The van der Waals surface area contributed by atoms with Gasteiger partial charge in [-0.2, -0.15) is 0 Å². The molecule has 1 aliphatic heterocycles. The van der Waals surface area contributed by atoms with Crippen molar-refractivity contribution in [1.29, 1.82) is 0 Å². The Morgan fingerprint density at radius 3 is 2.23 bits per heavy atom. The van der Waals surface area contributed by atoms with Crippen molar-refractivity contribution in [1.82, 2.24) is 9.80 Å². The van der Waals surface area contributed by atoms with E-state index in [0.29, 0.717) is 24.8 Å². The lowest BCUT2D eigenvalue weighted by Crippen LogP contribution is -2.53. The standard InChI is InChI=1S/C20H30N2O4/c1-21(11-17(23)22-4-2-3-14(10-22)20(25)26)19(24)18-15-6-12-5-13(8-15)9-16(18)7-12/h12-16,18H,2-11H2,1H3,(H,25,26). The Hall–Kier alpha value is -1.59. The number of hydrogen-bond donors (Lipinski definition) is 1. The van der Waals surface area contributed by atoms with Crippen LogP contribution in [0, 0.1) is 35.5 Å². The Kier molecular flexibility index (Phi) is 4.70. The van der Waals surface area contributed by atoms with Gasteiger partial charge in [-0.3, -0.25) is 14.4 Å². The van der Waals surface area contributed by atoms with Crippen LogP contribution in [-0.4, -0.2) is 59.4 Å². The molecule has 0 radical (unpaired) electrons. The minimum atomic E-state index is -0.833. The summed E-state index contributed by atoms with van der Waals surface area (Å²) in [5.41, 5.74) is 0. The Bertz CT molecular complexity index is 577. The number of carboxylic acid groups (broad SMARTS) is 1. The molecule has 0 spiro atoms. The van der Waals surface area contributed by atoms with Gasteiger partial charge >= 0.3 is 5.97 Å². The molecular weight excluding hydrogens is 332 g/mol. The summed E-state index contributed by atoms with van der Waals surface area (Å²) in [5, 5.41) is 9.19. The van der Waals surface area contributed by atoms with Gasteiger partial charge in [0, 0.05) is 26.1 Å². The van der Waals surface area contributed by atoms with Crippen molar-refractivity contribution >= 4 is 17.8 Å². The summed E-state index contributed by atoms with van der Waals surface area (Å²) in [7, 11) is 1.74. The molecule has 1 heterocycles. The number of likely N-dealkylation sites (tertiary alicyclic amines) is 1. The molecule has 5 fully saturated rings. The van der Waals surface area contributed by atoms with E-state index in [1.807, 2.05) is 0 Å². The first kappa shape index (κ1) is 17.8. The van der Waals surface area contributed by atoms with E-state index < -0.39 is 11.9 Å². The average Bonchev–Trinajstić information content (AvgIpc) is 2.60. The molecule has 1 N–H and O–H groups in total. The maximum absolute atomic E-state index is 13.1. The van der Waals surface area contributed by atoms with Gasteiger partial charge in [-0.15, -0.1) is 0 Å². The smallest absolute Gasteiger partial charge is 0.308 e. The zero-order valence-electron chi connectivity index (χ0n) is 15.6. The van der Waals surface area contributed by atoms with Gasteiger partial charge in [0.25, 0.3) is 0 Å². The second-order valence-corrected chi connectivity index (χ2v) is 9.17. The molecule has 26 heavy (non-hydrogen) atoms. The third-order valence-electron chi connectivity index (χ3n) is 7.38. The molecule has 1 unspecified atom stereocenters. The normalized spacial score (nSPS) is 38.3. The SMILES string of the molecule is CN(CC(=O)N1CCCC(C(=O)O)C1)C(=O)C1C2CC3CC(C2)CC1C3. The van der Waals surface area contributed by atoms with Gasteiger partial charge in [0.1, 0.15) is 0 Å². The van der Waals surface area contributed by atoms with Crippen molar-refractivity contribution in [3.63, 3.8) is 0 Å². The molecule has 6 heteroatoms. The van der Waals surface area contributed by atoms with E-state index in [2.05, 4.69) is 0 Å². The van der Waals surface area contributed by atoms with Crippen LogP contribution in [0.25, 0.3) is 0 Å². The molecule has 5 rings (SSSR count). The summed E-state index contributed by atoms with van der Waals surface area (Å²) in [4.78, 5) is 40.1. The molecule has 144 valence electrons. The van der Waals surface area contributed by atoms with Crippen LogP contribution < -0.4 is 0 Å². The summed E-state index contributed by atoms with van der Waals surface area (Å²) in [6.45, 7) is 0.949. The fourth-order valence-electron chi connectivity index (χ4n) is 6.37. The average molecular weight is 362 g/mol. The monoisotopic (exact) mass is 362 g/mol. The molecule has 1 atom stereocenters. The first-order valence-electron chi connectivity index (χ1n) is 10.2. The first-order chi connectivity index (χ1) is 12.4. The molecule has 0 aromatic heterocycles. The van der Waals surface area contributed by atoms with Crippen LogP contribution in [0.15, 0.2) is 0 Å². The highest BCUT2D eigenvalue weighted by Crippen LogP contribution is 2.56. The predicted molar refractivity (Wildman–Crippen MR) is 95.1 cm³/mol. The maximum atomic E-state index is 13.1. The van der Waals surface area contributed by atoms with Crippen molar-refractivity contribution in [3.05, 3.63) is 0 Å². The van der Waals surface area contributed by atoms with Crippen LogP contribution in [0.2, 0.25) is 0 Å². The van der Waals surface area contributed by atoms with Crippen molar-refractivity contribution in [2.24, 2.45) is 35.5 Å². The van der Waals surface area contributed by atoms with Crippen LogP contribution in [0.4, 0.5) is 0 Å². The predicted octanol–water partition coefficient (Wildman–Crippen LogP) is 1.84. The number of aliphatic carboxylic acids is 1. The molecule has 4 bridgehead atoms. The zero-order valence-corrected chi connectivity index (χ0v) is 15.6. The highest BCUT2D eigenvalue weighted by atomic mass is 16.4. The van der Waals surface area contributed by atoms with Gasteiger partial charge < -0.3 is 14.9 Å². The van der Waals surface area contributed by atoms with Crippen molar-refractivity contribution in [3.8, 4) is 0 Å². The molecule has 1 saturated heterocycles. The number of likely N-dealkylation sites (N-methyl/N-ethyl adjacent to an activating group) is 1. The summed E-state index contributed by atoms with van der Waals surface area (Å²) >= 11 is 0. The molecule has 5 aliphatic rings. The van der Waals surface area contributed by atoms with E-state index in [0.717, 1.165) is 18.3 Å². The topological polar surface area (TPSA) is 77.9 Å². The lowest BCUT2D eigenvalue weighted by Gasteiger charge is -2.54. The fraction of sp³-hybridized carbons (Fsp3) is 0.850. The third-order valence-corrected chi connectivity index (χ3v) is 7.38. The Morgan fingerprint density at radius 1 is 1.04 bits per heavy atom. The highest BCUT2D eigenvalue weighted by molar-refractivity contribution is 5.86. The van der Waals surface area contributed by atoms with Crippen LogP contribution >= 0.6 is 0 Å². The van der Waals surface area contributed by atoms with Crippen LogP contribution in [0.3, 0.4) is 0 Å². The molecule has 4 aliphatic carbocycles. The number of amides is 2. The van der Waals surface area contributed by atoms with Crippen molar-refractivity contribution in [2.45, 2.75) is 44.9 Å².